The molecule has 1 aliphatic heterocycles. The molecule has 0 spiro atoms. The number of carboxylic acid groups (broad SMARTS) is 1. The van der Waals surface area contributed by atoms with Crippen molar-refractivity contribution >= 4 is 11.9 Å². The molecule has 0 bridgehead atoms. The summed E-state index contributed by atoms with van der Waals surface area (Å²) in [5.74, 6) is -1.31. The van der Waals surface area contributed by atoms with Gasteiger partial charge in [0.1, 0.15) is 6.04 Å². The zero-order valence-corrected chi connectivity index (χ0v) is 13.0. The van der Waals surface area contributed by atoms with Crippen molar-refractivity contribution in [1.82, 2.24) is 16.2 Å². The molecule has 1 saturated heterocycles. The minimum Gasteiger partial charge on any atom is -0.481 e. The molecule has 24 heavy (non-hydrogen) atoms. The zero-order valence-electron chi connectivity index (χ0n) is 13.0. The minimum atomic E-state index is -1.01. The van der Waals surface area contributed by atoms with E-state index in [0.29, 0.717) is 6.42 Å². The minimum absolute atomic E-state index is 0.0375. The number of carboxylic acids is 1. The summed E-state index contributed by atoms with van der Waals surface area (Å²) in [5, 5.41) is 22.4. The molecule has 0 aliphatic carbocycles. The van der Waals surface area contributed by atoms with Crippen LogP contribution in [0.25, 0.3) is 0 Å². The lowest BCUT2D eigenvalue weighted by atomic mass is 10.0. The van der Waals surface area contributed by atoms with Crippen LogP contribution in [0, 0.1) is 10.1 Å². The number of hydrogen-bond acceptors (Lipinski definition) is 6. The Bertz CT molecular complexity index is 595. The number of nitrogens with zero attached hydrogens (tertiary/aromatic N) is 1. The zero-order chi connectivity index (χ0) is 17.5. The lowest BCUT2D eigenvalue weighted by Crippen LogP contribution is -2.47. The number of amides is 1. The average molecular weight is 336 g/mol. The Balaban J connectivity index is 1.95. The summed E-state index contributed by atoms with van der Waals surface area (Å²) in [5.41, 5.74) is 6.04. The van der Waals surface area contributed by atoms with Gasteiger partial charge < -0.3 is 10.4 Å². The molecule has 9 heteroatoms. The third-order valence-corrected chi connectivity index (χ3v) is 3.83. The fraction of sp³-hybridized carbons (Fsp3) is 0.467. The van der Waals surface area contributed by atoms with Crippen molar-refractivity contribution < 1.29 is 19.6 Å². The first-order valence-electron chi connectivity index (χ1n) is 7.66. The summed E-state index contributed by atoms with van der Waals surface area (Å²) in [6.45, 7) is 0. The van der Waals surface area contributed by atoms with Gasteiger partial charge in [0.25, 0.3) is 6.17 Å². The molecular weight excluding hydrogens is 316 g/mol. The molecule has 0 aromatic heterocycles. The number of rotatable bonds is 8. The smallest absolute Gasteiger partial charge is 0.303 e. The first-order valence-corrected chi connectivity index (χ1v) is 7.66. The predicted molar refractivity (Wildman–Crippen MR) is 84.4 cm³/mol. The van der Waals surface area contributed by atoms with Crippen LogP contribution in [0.5, 0.6) is 0 Å². The van der Waals surface area contributed by atoms with Crippen molar-refractivity contribution in [2.45, 2.75) is 43.9 Å². The Morgan fingerprint density at radius 3 is 2.62 bits per heavy atom. The van der Waals surface area contributed by atoms with E-state index in [2.05, 4.69) is 16.2 Å². The van der Waals surface area contributed by atoms with Gasteiger partial charge in [-0.05, 0) is 18.4 Å². The lowest BCUT2D eigenvalue weighted by molar-refractivity contribution is -0.526. The number of nitrogens with one attached hydrogen (secondary N) is 3. The lowest BCUT2D eigenvalue weighted by Gasteiger charge is -2.20. The molecule has 9 nitrogen and oxygen atoms in total. The summed E-state index contributed by atoms with van der Waals surface area (Å²) >= 11 is 0. The maximum Gasteiger partial charge on any atom is 0.303 e. The van der Waals surface area contributed by atoms with Crippen LogP contribution in [0.15, 0.2) is 30.3 Å². The summed E-state index contributed by atoms with van der Waals surface area (Å²) < 4.78 is 0. The molecule has 3 unspecified atom stereocenters. The third kappa shape index (κ3) is 5.28. The van der Waals surface area contributed by atoms with Crippen molar-refractivity contribution in [2.75, 3.05) is 0 Å². The van der Waals surface area contributed by atoms with E-state index < -0.39 is 23.1 Å². The second-order valence-corrected chi connectivity index (χ2v) is 5.71. The molecule has 1 aromatic carbocycles. The molecule has 1 aromatic rings. The van der Waals surface area contributed by atoms with Crippen LogP contribution in [0.2, 0.25) is 0 Å². The Kier molecular flexibility index (Phi) is 6.21. The highest BCUT2D eigenvalue weighted by Gasteiger charge is 2.36. The third-order valence-electron chi connectivity index (χ3n) is 3.83. The first kappa shape index (κ1) is 17.8. The molecule has 3 atom stereocenters. The van der Waals surface area contributed by atoms with Gasteiger partial charge >= 0.3 is 5.97 Å². The number of nitro groups is 1. The molecule has 0 radical (unpaired) electrons. The highest BCUT2D eigenvalue weighted by atomic mass is 16.6. The van der Waals surface area contributed by atoms with Gasteiger partial charge in [-0.25, -0.2) is 5.43 Å². The molecule has 130 valence electrons. The predicted octanol–water partition coefficient (Wildman–Crippen LogP) is 0.0480. The van der Waals surface area contributed by atoms with E-state index in [1.54, 1.807) is 0 Å². The van der Waals surface area contributed by atoms with Crippen LogP contribution < -0.4 is 16.2 Å². The fourth-order valence-electron chi connectivity index (χ4n) is 2.57. The van der Waals surface area contributed by atoms with Gasteiger partial charge in [0, 0.05) is 17.4 Å². The monoisotopic (exact) mass is 336 g/mol. The highest BCUT2D eigenvalue weighted by molar-refractivity contribution is 5.82. The van der Waals surface area contributed by atoms with Crippen LogP contribution in [-0.2, 0) is 16.0 Å². The van der Waals surface area contributed by atoms with Crippen LogP contribution in [0.1, 0.15) is 24.8 Å². The van der Waals surface area contributed by atoms with E-state index in [9.17, 15) is 19.7 Å². The molecule has 1 heterocycles. The second-order valence-electron chi connectivity index (χ2n) is 5.71. The van der Waals surface area contributed by atoms with E-state index in [-0.39, 0.29) is 31.2 Å². The second kappa shape index (κ2) is 8.37. The van der Waals surface area contributed by atoms with Crippen molar-refractivity contribution in [3.8, 4) is 0 Å². The summed E-state index contributed by atoms with van der Waals surface area (Å²) in [7, 11) is 0. The molecule has 4 N–H and O–H groups in total. The number of hydrogen-bond donors (Lipinski definition) is 4. The van der Waals surface area contributed by atoms with Gasteiger partial charge in [-0.15, -0.1) is 0 Å². The fourth-order valence-corrected chi connectivity index (χ4v) is 2.57. The van der Waals surface area contributed by atoms with Gasteiger partial charge in [-0.3, -0.25) is 19.7 Å². The van der Waals surface area contributed by atoms with Crippen LogP contribution >= 0.6 is 0 Å². The molecule has 0 saturated carbocycles. The van der Waals surface area contributed by atoms with Crippen LogP contribution in [0.3, 0.4) is 0 Å². The molecule has 1 amide bonds. The molecule has 1 aliphatic rings. The standard InChI is InChI=1S/C15H20N4O5/c20-14(21)7-6-11(8-10-4-2-1-3-5-10)16-15(22)12-9-13(18-17-12)19(23)24/h1-5,11-13,17-18H,6-9H2,(H,16,22)(H,20,21). The van der Waals surface area contributed by atoms with Crippen molar-refractivity contribution in [3.05, 3.63) is 46.0 Å². The van der Waals surface area contributed by atoms with E-state index in [4.69, 9.17) is 5.11 Å². The maximum absolute atomic E-state index is 12.3. The molecule has 2 rings (SSSR count). The van der Waals surface area contributed by atoms with Crippen molar-refractivity contribution in [2.24, 2.45) is 0 Å². The molecule has 1 fully saturated rings. The van der Waals surface area contributed by atoms with E-state index >= 15 is 0 Å². The summed E-state index contributed by atoms with van der Waals surface area (Å²) in [6.07, 6.45) is -0.248. The highest BCUT2D eigenvalue weighted by Crippen LogP contribution is 2.10. The van der Waals surface area contributed by atoms with Gasteiger partial charge in [-0.2, -0.15) is 5.43 Å². The van der Waals surface area contributed by atoms with Crippen LogP contribution in [0.4, 0.5) is 0 Å². The van der Waals surface area contributed by atoms with Crippen molar-refractivity contribution in [3.63, 3.8) is 0 Å². The summed E-state index contributed by atoms with van der Waals surface area (Å²) in [6, 6.07) is 8.34. The van der Waals surface area contributed by atoms with Gasteiger partial charge in [0.05, 0.1) is 6.42 Å². The number of carbonyl (C=O) groups excluding carboxylic acids is 1. The Morgan fingerprint density at radius 2 is 2.04 bits per heavy atom. The average Bonchev–Trinajstić information content (AvgIpc) is 3.04. The largest absolute Gasteiger partial charge is 0.481 e. The Labute approximate surface area is 138 Å². The Morgan fingerprint density at radius 1 is 1.33 bits per heavy atom. The quantitative estimate of drug-likeness (QED) is 0.389. The Hall–Kier alpha value is -2.52. The normalized spacial score (nSPS) is 21.2. The maximum atomic E-state index is 12.3. The number of hydrazine groups is 1. The SMILES string of the molecule is O=C(O)CCC(Cc1ccccc1)NC(=O)C1CC([N+](=O)[O-])NN1. The van der Waals surface area contributed by atoms with E-state index in [1.165, 1.54) is 0 Å². The summed E-state index contributed by atoms with van der Waals surface area (Å²) in [4.78, 5) is 33.3. The van der Waals surface area contributed by atoms with Crippen LogP contribution in [-0.4, -0.2) is 40.2 Å². The van der Waals surface area contributed by atoms with E-state index in [0.717, 1.165) is 5.56 Å². The number of aliphatic carboxylic acids is 1. The molecular formula is C15H20N4O5. The first-order chi connectivity index (χ1) is 11.5. The number of carbonyl (C=O) groups is 2. The van der Waals surface area contributed by atoms with Crippen molar-refractivity contribution in [1.29, 1.82) is 0 Å². The van der Waals surface area contributed by atoms with E-state index in [1.807, 2.05) is 30.3 Å². The number of benzene rings is 1. The topological polar surface area (TPSA) is 134 Å². The van der Waals surface area contributed by atoms with Gasteiger partial charge in [-0.1, -0.05) is 30.3 Å². The van der Waals surface area contributed by atoms with Gasteiger partial charge in [0.2, 0.25) is 5.91 Å². The van der Waals surface area contributed by atoms with Gasteiger partial charge in [0.15, 0.2) is 0 Å².